The molecule has 0 amide bonds. The van der Waals surface area contributed by atoms with Crippen molar-refractivity contribution in [3.05, 3.63) is 35.4 Å². The Bertz CT molecular complexity index is 453. The van der Waals surface area contributed by atoms with Crippen molar-refractivity contribution < 1.29 is 8.78 Å². The Hall–Kier alpha value is -1.04. The first-order valence-electron chi connectivity index (χ1n) is 7.13. The van der Waals surface area contributed by atoms with E-state index in [1.807, 2.05) is 0 Å². The van der Waals surface area contributed by atoms with Crippen molar-refractivity contribution in [2.45, 2.75) is 25.4 Å². The summed E-state index contributed by atoms with van der Waals surface area (Å²) in [6.07, 6.45) is 1.01. The summed E-state index contributed by atoms with van der Waals surface area (Å²) in [6, 6.07) is 4.32. The molecule has 1 heterocycles. The Kier molecular flexibility index (Phi) is 5.07. The molecule has 1 aliphatic heterocycles. The van der Waals surface area contributed by atoms with E-state index in [1.165, 1.54) is 0 Å². The zero-order valence-electron chi connectivity index (χ0n) is 12.1. The van der Waals surface area contributed by atoms with Crippen molar-refractivity contribution in [3.63, 3.8) is 0 Å². The number of hydrogen-bond acceptors (Lipinski definition) is 3. The fourth-order valence-electron chi connectivity index (χ4n) is 3.07. The molecule has 1 fully saturated rings. The highest BCUT2D eigenvalue weighted by molar-refractivity contribution is 5.23. The minimum Gasteiger partial charge on any atom is -0.329 e. The minimum absolute atomic E-state index is 0.263. The van der Waals surface area contributed by atoms with E-state index in [2.05, 4.69) is 23.8 Å². The molecule has 0 saturated carbocycles. The fraction of sp³-hybridized carbons (Fsp3) is 0.600. The zero-order valence-corrected chi connectivity index (χ0v) is 12.1. The molecule has 1 aromatic rings. The van der Waals surface area contributed by atoms with E-state index < -0.39 is 11.6 Å². The predicted molar refractivity (Wildman–Crippen MR) is 76.4 cm³/mol. The molecule has 1 saturated heterocycles. The topological polar surface area (TPSA) is 32.5 Å². The second-order valence-corrected chi connectivity index (χ2v) is 5.60. The van der Waals surface area contributed by atoms with E-state index in [0.717, 1.165) is 32.1 Å². The van der Waals surface area contributed by atoms with E-state index in [4.69, 9.17) is 5.73 Å². The molecule has 2 N–H and O–H groups in total. The lowest BCUT2D eigenvalue weighted by atomic mass is 10.0. The lowest BCUT2D eigenvalue weighted by molar-refractivity contribution is 0.143. The van der Waals surface area contributed by atoms with E-state index in [0.29, 0.717) is 5.56 Å². The van der Waals surface area contributed by atoms with Crippen LogP contribution in [0.25, 0.3) is 0 Å². The van der Waals surface area contributed by atoms with Crippen molar-refractivity contribution in [1.82, 2.24) is 9.80 Å². The van der Waals surface area contributed by atoms with Crippen LogP contribution in [0.5, 0.6) is 0 Å². The maximum atomic E-state index is 14.0. The summed E-state index contributed by atoms with van der Waals surface area (Å²) < 4.78 is 27.5. The van der Waals surface area contributed by atoms with Crippen molar-refractivity contribution >= 4 is 0 Å². The second kappa shape index (κ2) is 6.61. The molecule has 0 radical (unpaired) electrons. The van der Waals surface area contributed by atoms with Gasteiger partial charge in [0.15, 0.2) is 11.6 Å². The quantitative estimate of drug-likeness (QED) is 0.921. The summed E-state index contributed by atoms with van der Waals surface area (Å²) in [4.78, 5) is 4.46. The highest BCUT2D eigenvalue weighted by Gasteiger charge is 2.29. The summed E-state index contributed by atoms with van der Waals surface area (Å²) in [5.74, 6) is -1.58. The SMILES string of the molecule is CC1CN(C)CCCN1C(CN)c1cccc(F)c1F. The maximum absolute atomic E-state index is 14.0. The summed E-state index contributed by atoms with van der Waals surface area (Å²) in [5.41, 5.74) is 6.22. The first-order chi connectivity index (χ1) is 9.54. The molecular formula is C15H23F2N3. The number of nitrogens with zero attached hydrogens (tertiary/aromatic N) is 2. The highest BCUT2D eigenvalue weighted by atomic mass is 19.2. The van der Waals surface area contributed by atoms with E-state index in [9.17, 15) is 8.78 Å². The number of rotatable bonds is 3. The van der Waals surface area contributed by atoms with Gasteiger partial charge in [-0.1, -0.05) is 12.1 Å². The molecule has 1 aromatic carbocycles. The van der Waals surface area contributed by atoms with Crippen LogP contribution in [-0.4, -0.2) is 49.1 Å². The van der Waals surface area contributed by atoms with Crippen LogP contribution < -0.4 is 5.73 Å². The maximum Gasteiger partial charge on any atom is 0.163 e. The van der Waals surface area contributed by atoms with Gasteiger partial charge in [-0.05, 0) is 33.0 Å². The predicted octanol–water partition coefficient (Wildman–Crippen LogP) is 1.99. The molecule has 2 rings (SSSR count). The van der Waals surface area contributed by atoms with Gasteiger partial charge in [0, 0.05) is 31.2 Å². The van der Waals surface area contributed by atoms with Crippen LogP contribution in [0.4, 0.5) is 8.78 Å². The Morgan fingerprint density at radius 1 is 1.35 bits per heavy atom. The van der Waals surface area contributed by atoms with Gasteiger partial charge < -0.3 is 10.6 Å². The zero-order chi connectivity index (χ0) is 14.7. The van der Waals surface area contributed by atoms with Crippen LogP contribution in [0.15, 0.2) is 18.2 Å². The van der Waals surface area contributed by atoms with Gasteiger partial charge >= 0.3 is 0 Å². The second-order valence-electron chi connectivity index (χ2n) is 5.60. The average molecular weight is 283 g/mol. The third-order valence-electron chi connectivity index (χ3n) is 4.06. The summed E-state index contributed by atoms with van der Waals surface area (Å²) in [6.45, 7) is 5.18. The highest BCUT2D eigenvalue weighted by Crippen LogP contribution is 2.27. The summed E-state index contributed by atoms with van der Waals surface area (Å²) in [7, 11) is 2.08. The largest absolute Gasteiger partial charge is 0.329 e. The fourth-order valence-corrected chi connectivity index (χ4v) is 3.07. The third kappa shape index (κ3) is 3.16. The van der Waals surface area contributed by atoms with Crippen LogP contribution >= 0.6 is 0 Å². The first kappa shape index (κ1) is 15.4. The molecule has 20 heavy (non-hydrogen) atoms. The number of nitrogens with two attached hydrogens (primary N) is 1. The minimum atomic E-state index is -0.805. The molecule has 2 unspecified atom stereocenters. The Labute approximate surface area is 119 Å². The van der Waals surface area contributed by atoms with Gasteiger partial charge in [0.1, 0.15) is 0 Å². The van der Waals surface area contributed by atoms with Crippen LogP contribution in [0.1, 0.15) is 24.9 Å². The third-order valence-corrected chi connectivity index (χ3v) is 4.06. The van der Waals surface area contributed by atoms with Crippen LogP contribution in [0.3, 0.4) is 0 Å². The van der Waals surface area contributed by atoms with Crippen molar-refractivity contribution in [3.8, 4) is 0 Å². The Balaban J connectivity index is 2.29. The monoisotopic (exact) mass is 283 g/mol. The molecule has 0 spiro atoms. The smallest absolute Gasteiger partial charge is 0.163 e. The average Bonchev–Trinajstić information content (AvgIpc) is 2.57. The molecule has 0 aliphatic carbocycles. The molecule has 3 nitrogen and oxygen atoms in total. The van der Waals surface area contributed by atoms with E-state index in [-0.39, 0.29) is 18.6 Å². The van der Waals surface area contributed by atoms with Crippen molar-refractivity contribution in [1.29, 1.82) is 0 Å². The molecule has 2 atom stereocenters. The number of halogens is 2. The van der Waals surface area contributed by atoms with E-state index in [1.54, 1.807) is 12.1 Å². The molecule has 1 aliphatic rings. The van der Waals surface area contributed by atoms with Gasteiger partial charge in [-0.2, -0.15) is 0 Å². The van der Waals surface area contributed by atoms with Gasteiger partial charge in [0.05, 0.1) is 6.04 Å². The molecule has 0 bridgehead atoms. The van der Waals surface area contributed by atoms with Crippen molar-refractivity contribution in [2.24, 2.45) is 5.73 Å². The number of hydrogen-bond donors (Lipinski definition) is 1. The standard InChI is InChI=1S/C15H23F2N3/c1-11-10-19(2)7-4-8-20(11)14(9-18)12-5-3-6-13(16)15(12)17/h3,5-6,11,14H,4,7-10,18H2,1-2H3. The van der Waals surface area contributed by atoms with Gasteiger partial charge in [-0.25, -0.2) is 8.78 Å². The van der Waals surface area contributed by atoms with Crippen LogP contribution in [0.2, 0.25) is 0 Å². The molecule has 5 heteroatoms. The lowest BCUT2D eigenvalue weighted by Gasteiger charge is -2.35. The summed E-state index contributed by atoms with van der Waals surface area (Å²) >= 11 is 0. The summed E-state index contributed by atoms with van der Waals surface area (Å²) in [5, 5.41) is 0. The first-order valence-corrected chi connectivity index (χ1v) is 7.13. The van der Waals surface area contributed by atoms with Gasteiger partial charge in [0.2, 0.25) is 0 Å². The van der Waals surface area contributed by atoms with Gasteiger partial charge in [-0.3, -0.25) is 4.90 Å². The van der Waals surface area contributed by atoms with Gasteiger partial charge in [-0.15, -0.1) is 0 Å². The lowest BCUT2D eigenvalue weighted by Crippen LogP contribution is -2.43. The van der Waals surface area contributed by atoms with E-state index >= 15 is 0 Å². The van der Waals surface area contributed by atoms with Crippen LogP contribution in [0, 0.1) is 11.6 Å². The van der Waals surface area contributed by atoms with Crippen LogP contribution in [-0.2, 0) is 0 Å². The Morgan fingerprint density at radius 2 is 2.10 bits per heavy atom. The molecule has 112 valence electrons. The Morgan fingerprint density at radius 3 is 2.80 bits per heavy atom. The molecule has 0 aromatic heterocycles. The number of benzene rings is 1. The van der Waals surface area contributed by atoms with Gasteiger partial charge in [0.25, 0.3) is 0 Å². The molecular weight excluding hydrogens is 260 g/mol. The van der Waals surface area contributed by atoms with Crippen molar-refractivity contribution in [2.75, 3.05) is 33.2 Å². The number of likely N-dealkylation sites (N-methyl/N-ethyl adjacent to an activating group) is 1. The normalized spacial score (nSPS) is 23.6.